The van der Waals surface area contributed by atoms with E-state index in [-0.39, 0.29) is 12.5 Å². The number of ether oxygens (including phenoxy) is 2. The van der Waals surface area contributed by atoms with Crippen molar-refractivity contribution in [3.63, 3.8) is 0 Å². The molecule has 124 valence electrons. The molecular formula is C14H17BrN4O3S. The van der Waals surface area contributed by atoms with Crippen molar-refractivity contribution in [2.45, 2.75) is 20.0 Å². The minimum atomic E-state index is -0.259. The normalized spacial score (nSPS) is 10.4. The molecule has 2 rings (SSSR count). The molecule has 0 aliphatic heterocycles. The Bertz CT molecular complexity index is 747. The Morgan fingerprint density at radius 2 is 2.00 bits per heavy atom. The topological polar surface area (TPSA) is 81.2 Å². The van der Waals surface area contributed by atoms with Gasteiger partial charge >= 0.3 is 0 Å². The molecule has 9 heteroatoms. The van der Waals surface area contributed by atoms with E-state index in [1.807, 2.05) is 11.5 Å². The van der Waals surface area contributed by atoms with Crippen molar-refractivity contribution in [2.75, 3.05) is 14.2 Å². The molecule has 0 saturated heterocycles. The smallest absolute Gasteiger partial charge is 0.251 e. The van der Waals surface area contributed by atoms with Gasteiger partial charge in [0, 0.05) is 12.1 Å². The van der Waals surface area contributed by atoms with Crippen LogP contribution in [0.1, 0.15) is 23.1 Å². The lowest BCUT2D eigenvalue weighted by Crippen LogP contribution is -2.24. The minimum absolute atomic E-state index is 0.259. The number of amides is 1. The molecule has 0 fully saturated rings. The molecule has 1 aromatic carbocycles. The number of rotatable bonds is 6. The van der Waals surface area contributed by atoms with E-state index in [1.165, 1.54) is 14.2 Å². The minimum Gasteiger partial charge on any atom is -0.495 e. The second kappa shape index (κ2) is 7.60. The van der Waals surface area contributed by atoms with Gasteiger partial charge in [-0.15, -0.1) is 0 Å². The van der Waals surface area contributed by atoms with E-state index in [4.69, 9.17) is 21.7 Å². The van der Waals surface area contributed by atoms with Gasteiger partial charge in [0.05, 0.1) is 20.8 Å². The van der Waals surface area contributed by atoms with Crippen LogP contribution in [-0.2, 0) is 13.1 Å². The summed E-state index contributed by atoms with van der Waals surface area (Å²) < 4.78 is 13.5. The molecule has 23 heavy (non-hydrogen) atoms. The number of carbonyl (C=O) groups is 1. The fraction of sp³-hybridized carbons (Fsp3) is 0.357. The van der Waals surface area contributed by atoms with Crippen LogP contribution in [0.25, 0.3) is 0 Å². The first-order chi connectivity index (χ1) is 11.0. The molecule has 0 aliphatic carbocycles. The maximum atomic E-state index is 12.4. The van der Waals surface area contributed by atoms with Crippen molar-refractivity contribution in [3.8, 4) is 11.5 Å². The van der Waals surface area contributed by atoms with Crippen molar-refractivity contribution in [2.24, 2.45) is 0 Å². The zero-order valence-corrected chi connectivity index (χ0v) is 15.4. The molecule has 0 saturated carbocycles. The summed E-state index contributed by atoms with van der Waals surface area (Å²) >= 11 is 8.49. The van der Waals surface area contributed by atoms with Crippen LogP contribution in [0, 0.1) is 4.77 Å². The monoisotopic (exact) mass is 400 g/mol. The Balaban J connectivity index is 2.19. The predicted octanol–water partition coefficient (Wildman–Crippen LogP) is 2.67. The molecule has 0 unspecified atom stereocenters. The van der Waals surface area contributed by atoms with Gasteiger partial charge in [0.25, 0.3) is 5.91 Å². The first kappa shape index (κ1) is 17.5. The highest BCUT2D eigenvalue weighted by molar-refractivity contribution is 9.10. The SMILES string of the molecule is CCn1c(CNC(=O)c2cc(OC)c(Br)c(OC)c2)n[nH]c1=S. The highest BCUT2D eigenvalue weighted by Crippen LogP contribution is 2.35. The summed E-state index contributed by atoms with van der Waals surface area (Å²) in [5.74, 6) is 1.45. The number of aromatic nitrogens is 3. The number of hydrogen-bond donors (Lipinski definition) is 2. The molecule has 2 aromatic rings. The zero-order chi connectivity index (χ0) is 17.0. The summed E-state index contributed by atoms with van der Waals surface area (Å²) in [6.07, 6.45) is 0. The molecule has 1 amide bonds. The van der Waals surface area contributed by atoms with E-state index in [1.54, 1.807) is 12.1 Å². The number of nitrogens with zero attached hydrogens (tertiary/aromatic N) is 2. The van der Waals surface area contributed by atoms with E-state index >= 15 is 0 Å². The predicted molar refractivity (Wildman–Crippen MR) is 91.5 cm³/mol. The van der Waals surface area contributed by atoms with Crippen LogP contribution in [0.15, 0.2) is 16.6 Å². The van der Waals surface area contributed by atoms with Crippen LogP contribution in [0.5, 0.6) is 11.5 Å². The van der Waals surface area contributed by atoms with Crippen LogP contribution < -0.4 is 14.8 Å². The first-order valence-corrected chi connectivity index (χ1v) is 8.05. The van der Waals surface area contributed by atoms with Crippen LogP contribution in [0.2, 0.25) is 0 Å². The Hall–Kier alpha value is -1.87. The molecule has 0 radical (unpaired) electrons. The number of halogens is 1. The number of carbonyl (C=O) groups excluding carboxylic acids is 1. The van der Waals surface area contributed by atoms with Gasteiger partial charge in [0.15, 0.2) is 10.6 Å². The molecule has 0 aliphatic rings. The molecule has 0 atom stereocenters. The highest BCUT2D eigenvalue weighted by Gasteiger charge is 2.15. The van der Waals surface area contributed by atoms with Crippen molar-refractivity contribution in [3.05, 3.63) is 32.8 Å². The summed E-state index contributed by atoms with van der Waals surface area (Å²) in [5.41, 5.74) is 0.430. The summed E-state index contributed by atoms with van der Waals surface area (Å²) in [4.78, 5) is 12.4. The molecule has 1 aromatic heterocycles. The second-order valence-electron chi connectivity index (χ2n) is 4.57. The van der Waals surface area contributed by atoms with Crippen molar-refractivity contribution in [1.29, 1.82) is 0 Å². The van der Waals surface area contributed by atoms with E-state index in [0.717, 1.165) is 0 Å². The standard InChI is InChI=1S/C14H17BrN4O3S/c1-4-19-11(17-18-14(19)23)7-16-13(20)8-5-9(21-2)12(15)10(6-8)22-3/h5-6H,4,7H2,1-3H3,(H,16,20)(H,18,23). The second-order valence-corrected chi connectivity index (χ2v) is 5.75. The van der Waals surface area contributed by atoms with Crippen LogP contribution in [-0.4, -0.2) is 34.9 Å². The summed E-state index contributed by atoms with van der Waals surface area (Å²) in [6.45, 7) is 2.90. The fourth-order valence-electron chi connectivity index (χ4n) is 2.07. The van der Waals surface area contributed by atoms with Gasteiger partial charge in [-0.1, -0.05) is 0 Å². The van der Waals surface area contributed by atoms with Gasteiger partial charge in [0.1, 0.15) is 16.0 Å². The largest absolute Gasteiger partial charge is 0.495 e. The molecule has 0 spiro atoms. The molecule has 2 N–H and O–H groups in total. The molecule has 1 heterocycles. The number of hydrogen-bond acceptors (Lipinski definition) is 5. The maximum Gasteiger partial charge on any atom is 0.251 e. The maximum absolute atomic E-state index is 12.4. The van der Waals surface area contributed by atoms with Gasteiger partial charge in [-0.25, -0.2) is 0 Å². The quantitative estimate of drug-likeness (QED) is 0.728. The summed E-state index contributed by atoms with van der Waals surface area (Å²) in [6, 6.07) is 3.28. The van der Waals surface area contributed by atoms with Crippen molar-refractivity contribution in [1.82, 2.24) is 20.1 Å². The Kier molecular flexibility index (Phi) is 5.78. The Morgan fingerprint density at radius 3 is 2.52 bits per heavy atom. The average molecular weight is 401 g/mol. The molecule has 7 nitrogen and oxygen atoms in total. The van der Waals surface area contributed by atoms with Crippen LogP contribution >= 0.6 is 28.1 Å². The summed E-state index contributed by atoms with van der Waals surface area (Å²) in [5, 5.41) is 9.63. The van der Waals surface area contributed by atoms with Crippen LogP contribution in [0.4, 0.5) is 0 Å². The zero-order valence-electron chi connectivity index (χ0n) is 13.0. The third-order valence-electron chi connectivity index (χ3n) is 3.27. The van der Waals surface area contributed by atoms with E-state index < -0.39 is 0 Å². The number of nitrogens with one attached hydrogen (secondary N) is 2. The van der Waals surface area contributed by atoms with Crippen LogP contribution in [0.3, 0.4) is 0 Å². The first-order valence-electron chi connectivity index (χ1n) is 6.85. The van der Waals surface area contributed by atoms with Gasteiger partial charge in [-0.05, 0) is 47.2 Å². The fourth-order valence-corrected chi connectivity index (χ4v) is 2.91. The van der Waals surface area contributed by atoms with E-state index in [9.17, 15) is 4.79 Å². The number of H-pyrrole nitrogens is 1. The Labute approximate surface area is 147 Å². The van der Waals surface area contributed by atoms with E-state index in [0.29, 0.717) is 38.7 Å². The van der Waals surface area contributed by atoms with Gasteiger partial charge < -0.3 is 19.4 Å². The summed E-state index contributed by atoms with van der Waals surface area (Å²) in [7, 11) is 3.06. The Morgan fingerprint density at radius 1 is 1.39 bits per heavy atom. The number of aromatic amines is 1. The van der Waals surface area contributed by atoms with Gasteiger partial charge in [-0.3, -0.25) is 9.89 Å². The third-order valence-corrected chi connectivity index (χ3v) is 4.36. The van der Waals surface area contributed by atoms with Gasteiger partial charge in [0.2, 0.25) is 0 Å². The lowest BCUT2D eigenvalue weighted by Gasteiger charge is -2.12. The third kappa shape index (κ3) is 3.73. The lowest BCUT2D eigenvalue weighted by molar-refractivity contribution is 0.0948. The number of benzene rings is 1. The number of methoxy groups -OCH3 is 2. The van der Waals surface area contributed by atoms with Crippen molar-refractivity contribution < 1.29 is 14.3 Å². The lowest BCUT2D eigenvalue weighted by atomic mass is 10.2. The average Bonchev–Trinajstić information content (AvgIpc) is 2.92. The molecular weight excluding hydrogens is 384 g/mol. The highest BCUT2D eigenvalue weighted by atomic mass is 79.9. The van der Waals surface area contributed by atoms with Crippen molar-refractivity contribution >= 4 is 34.1 Å². The van der Waals surface area contributed by atoms with E-state index in [2.05, 4.69) is 31.4 Å². The van der Waals surface area contributed by atoms with Gasteiger partial charge in [-0.2, -0.15) is 5.10 Å². The molecule has 0 bridgehead atoms.